The van der Waals surface area contributed by atoms with Crippen LogP contribution in [0.5, 0.6) is 0 Å². The third-order valence-electron chi connectivity index (χ3n) is 6.06. The first-order valence-corrected chi connectivity index (χ1v) is 11.1. The van der Waals surface area contributed by atoms with Crippen molar-refractivity contribution in [3.8, 4) is 11.1 Å². The molecule has 5 nitrogen and oxygen atoms in total. The van der Waals surface area contributed by atoms with Gasteiger partial charge in [-0.05, 0) is 49.5 Å². The Morgan fingerprint density at radius 2 is 1.59 bits per heavy atom. The van der Waals surface area contributed by atoms with Crippen molar-refractivity contribution in [1.82, 2.24) is 19.8 Å². The maximum absolute atomic E-state index is 13.4. The van der Waals surface area contributed by atoms with E-state index in [1.165, 1.54) is 18.5 Å². The van der Waals surface area contributed by atoms with E-state index in [-0.39, 0.29) is 11.9 Å². The minimum absolute atomic E-state index is 0.0265. The number of hydrogen-bond donors (Lipinski definition) is 0. The molecule has 0 saturated carbocycles. The summed E-state index contributed by atoms with van der Waals surface area (Å²) < 4.78 is 52.4. The van der Waals surface area contributed by atoms with Gasteiger partial charge in [0.05, 0.1) is 5.56 Å². The Morgan fingerprint density at radius 1 is 0.941 bits per heavy atom. The van der Waals surface area contributed by atoms with E-state index in [1.807, 2.05) is 19.0 Å². The zero-order valence-corrected chi connectivity index (χ0v) is 19.1. The molecule has 0 radical (unpaired) electrons. The topological polar surface area (TPSA) is 35.5 Å². The molecule has 1 aliphatic rings. The van der Waals surface area contributed by atoms with Crippen LogP contribution in [-0.4, -0.2) is 66.6 Å². The summed E-state index contributed by atoms with van der Waals surface area (Å²) in [6.07, 6.45) is -1.11. The third-order valence-corrected chi connectivity index (χ3v) is 6.06. The van der Waals surface area contributed by atoms with Gasteiger partial charge in [0.25, 0.3) is 0 Å². The molecule has 1 fully saturated rings. The minimum Gasteiger partial charge on any atom is -0.353 e. The molecule has 1 aliphatic heterocycles. The first kappa shape index (κ1) is 24.1. The smallest absolute Gasteiger partial charge is 0.353 e. The van der Waals surface area contributed by atoms with E-state index in [9.17, 15) is 17.6 Å². The summed E-state index contributed by atoms with van der Waals surface area (Å²) in [6, 6.07) is 11.7. The Balaban J connectivity index is 1.51. The van der Waals surface area contributed by atoms with Crippen molar-refractivity contribution >= 4 is 5.82 Å². The predicted octanol–water partition coefficient (Wildman–Crippen LogP) is 4.73. The SMILES string of the molecule is CN(C)C[C@@H](c1ccc(C(F)(F)F)cc1)N1CCN(c2ncncc2-c2ccc(F)cc2)CC1. The van der Waals surface area contributed by atoms with Crippen LogP contribution in [0.2, 0.25) is 0 Å². The highest BCUT2D eigenvalue weighted by Crippen LogP contribution is 2.33. The fraction of sp³-hybridized carbons (Fsp3) is 0.360. The number of aromatic nitrogens is 2. The molecule has 0 spiro atoms. The summed E-state index contributed by atoms with van der Waals surface area (Å²) in [5.74, 6) is 0.492. The number of anilines is 1. The Morgan fingerprint density at radius 3 is 2.18 bits per heavy atom. The molecule has 0 amide bonds. The third kappa shape index (κ3) is 5.53. The molecule has 0 N–H and O–H groups in total. The molecule has 9 heteroatoms. The molecule has 0 unspecified atom stereocenters. The van der Waals surface area contributed by atoms with Crippen molar-refractivity contribution in [3.63, 3.8) is 0 Å². The fourth-order valence-corrected chi connectivity index (χ4v) is 4.33. The molecule has 0 bridgehead atoms. The number of alkyl halides is 3. The van der Waals surface area contributed by atoms with Crippen LogP contribution in [0.1, 0.15) is 17.2 Å². The molecule has 34 heavy (non-hydrogen) atoms. The second-order valence-corrected chi connectivity index (χ2v) is 8.69. The Bertz CT molecular complexity index is 1080. The van der Waals surface area contributed by atoms with Crippen LogP contribution in [0.25, 0.3) is 11.1 Å². The summed E-state index contributed by atoms with van der Waals surface area (Å²) in [5, 5.41) is 0. The van der Waals surface area contributed by atoms with Crippen LogP contribution in [0, 0.1) is 5.82 Å². The van der Waals surface area contributed by atoms with E-state index in [0.29, 0.717) is 19.6 Å². The van der Waals surface area contributed by atoms with Crippen LogP contribution in [0.15, 0.2) is 61.1 Å². The highest BCUT2D eigenvalue weighted by molar-refractivity contribution is 5.75. The lowest BCUT2D eigenvalue weighted by Crippen LogP contribution is -2.49. The zero-order chi connectivity index (χ0) is 24.3. The summed E-state index contributed by atoms with van der Waals surface area (Å²) >= 11 is 0. The van der Waals surface area contributed by atoms with Gasteiger partial charge >= 0.3 is 6.18 Å². The van der Waals surface area contributed by atoms with Gasteiger partial charge in [0, 0.05) is 50.5 Å². The summed E-state index contributed by atoms with van der Waals surface area (Å²) in [7, 11) is 3.92. The fourth-order valence-electron chi connectivity index (χ4n) is 4.33. The number of piperazine rings is 1. The van der Waals surface area contributed by atoms with Crippen molar-refractivity contribution in [3.05, 3.63) is 78.0 Å². The normalized spacial score (nSPS) is 16.1. The first-order chi connectivity index (χ1) is 16.2. The maximum atomic E-state index is 13.4. The first-order valence-electron chi connectivity index (χ1n) is 11.1. The van der Waals surface area contributed by atoms with Crippen molar-refractivity contribution in [2.45, 2.75) is 12.2 Å². The number of halogens is 4. The van der Waals surface area contributed by atoms with Crippen LogP contribution >= 0.6 is 0 Å². The van der Waals surface area contributed by atoms with Crippen LogP contribution in [0.3, 0.4) is 0 Å². The quantitative estimate of drug-likeness (QED) is 0.484. The molecule has 2 heterocycles. The molecule has 2 aromatic carbocycles. The van der Waals surface area contributed by atoms with Gasteiger partial charge in [0.2, 0.25) is 0 Å². The molecular formula is C25H27F4N5. The van der Waals surface area contributed by atoms with Crippen LogP contribution in [-0.2, 0) is 6.18 Å². The van der Waals surface area contributed by atoms with Crippen molar-refractivity contribution in [2.75, 3.05) is 51.7 Å². The van der Waals surface area contributed by atoms with Crippen molar-refractivity contribution in [2.24, 2.45) is 0 Å². The van der Waals surface area contributed by atoms with Gasteiger partial charge < -0.3 is 9.80 Å². The molecular weight excluding hydrogens is 446 g/mol. The maximum Gasteiger partial charge on any atom is 0.416 e. The zero-order valence-electron chi connectivity index (χ0n) is 19.1. The molecule has 0 aliphatic carbocycles. The van der Waals surface area contributed by atoms with Gasteiger partial charge in [-0.1, -0.05) is 24.3 Å². The van der Waals surface area contributed by atoms with Crippen LogP contribution < -0.4 is 4.90 Å². The van der Waals surface area contributed by atoms with E-state index in [2.05, 4.69) is 19.8 Å². The van der Waals surface area contributed by atoms with E-state index in [0.717, 1.165) is 47.7 Å². The highest BCUT2D eigenvalue weighted by Gasteiger charge is 2.31. The van der Waals surface area contributed by atoms with Crippen molar-refractivity contribution in [1.29, 1.82) is 0 Å². The Kier molecular flexibility index (Phi) is 7.13. The molecule has 1 atom stereocenters. The van der Waals surface area contributed by atoms with Gasteiger partial charge in [-0.3, -0.25) is 4.90 Å². The van der Waals surface area contributed by atoms with Gasteiger partial charge in [0.15, 0.2) is 0 Å². The van der Waals surface area contributed by atoms with E-state index < -0.39 is 11.7 Å². The van der Waals surface area contributed by atoms with Gasteiger partial charge in [-0.25, -0.2) is 14.4 Å². The molecule has 1 aromatic heterocycles. The van der Waals surface area contributed by atoms with Gasteiger partial charge in [-0.15, -0.1) is 0 Å². The largest absolute Gasteiger partial charge is 0.416 e. The predicted molar refractivity (Wildman–Crippen MR) is 124 cm³/mol. The molecule has 1 saturated heterocycles. The lowest BCUT2D eigenvalue weighted by atomic mass is 10.0. The van der Waals surface area contributed by atoms with Crippen LogP contribution in [0.4, 0.5) is 23.4 Å². The van der Waals surface area contributed by atoms with Gasteiger partial charge in [-0.2, -0.15) is 13.2 Å². The minimum atomic E-state index is -4.35. The van der Waals surface area contributed by atoms with E-state index >= 15 is 0 Å². The number of nitrogens with zero attached hydrogens (tertiary/aromatic N) is 5. The average molecular weight is 474 g/mol. The van der Waals surface area contributed by atoms with Crippen molar-refractivity contribution < 1.29 is 17.6 Å². The molecule has 4 rings (SSSR count). The monoisotopic (exact) mass is 473 g/mol. The highest BCUT2D eigenvalue weighted by atomic mass is 19.4. The molecule has 180 valence electrons. The lowest BCUT2D eigenvalue weighted by molar-refractivity contribution is -0.137. The van der Waals surface area contributed by atoms with Gasteiger partial charge in [0.1, 0.15) is 18.0 Å². The second-order valence-electron chi connectivity index (χ2n) is 8.69. The molecule has 3 aromatic rings. The number of benzene rings is 2. The number of likely N-dealkylation sites (N-methyl/N-ethyl adjacent to an activating group) is 1. The Labute approximate surface area is 196 Å². The standard InChI is InChI=1S/C25H27F4N5/c1-32(2)16-23(19-3-7-20(8-4-19)25(27,28)29)33-11-13-34(14-12-33)24-22(15-30-17-31-24)18-5-9-21(26)10-6-18/h3-10,15,17,23H,11-14,16H2,1-2H3/t23-/m0/s1. The Hall–Kier alpha value is -3.04. The summed E-state index contributed by atoms with van der Waals surface area (Å²) in [5.41, 5.74) is 1.91. The lowest BCUT2D eigenvalue weighted by Gasteiger charge is -2.41. The van der Waals surface area contributed by atoms with E-state index in [1.54, 1.807) is 30.5 Å². The van der Waals surface area contributed by atoms with E-state index in [4.69, 9.17) is 0 Å². The number of rotatable bonds is 6. The second kappa shape index (κ2) is 10.1. The summed E-state index contributed by atoms with van der Waals surface area (Å²) in [6.45, 7) is 3.56. The average Bonchev–Trinajstić information content (AvgIpc) is 2.83. The number of hydrogen-bond acceptors (Lipinski definition) is 5. The summed E-state index contributed by atoms with van der Waals surface area (Å²) in [4.78, 5) is 15.2.